The minimum atomic E-state index is -0.0958. The Kier molecular flexibility index (Phi) is 5.82. The summed E-state index contributed by atoms with van der Waals surface area (Å²) in [4.78, 5) is 17.9. The number of benzene rings is 3. The lowest BCUT2D eigenvalue weighted by Gasteiger charge is -2.11. The fourth-order valence-electron chi connectivity index (χ4n) is 4.18. The smallest absolute Gasteiger partial charge is 0.263 e. The standard InChI is InChI=1S/C27H22N6O2S/c1-2-18-12-14-20(15-13-18)24-28-23(35-31-24)17-36-27-30-29-26-32(16-19-8-4-3-5-9-19)25(34)21-10-6-7-11-22(21)33(26)27/h3-15H,2,16-17H2,1H3. The van der Waals surface area contributed by atoms with E-state index in [9.17, 15) is 4.79 Å². The van der Waals surface area contributed by atoms with Crippen molar-refractivity contribution in [2.45, 2.75) is 30.8 Å². The third-order valence-electron chi connectivity index (χ3n) is 6.07. The second-order valence-corrected chi connectivity index (χ2v) is 9.31. The third-order valence-corrected chi connectivity index (χ3v) is 6.99. The minimum absolute atomic E-state index is 0.0958. The van der Waals surface area contributed by atoms with E-state index in [4.69, 9.17) is 4.52 Å². The van der Waals surface area contributed by atoms with Crippen LogP contribution in [0.2, 0.25) is 0 Å². The number of para-hydroxylation sites is 1. The molecule has 0 saturated carbocycles. The molecule has 6 rings (SSSR count). The lowest BCUT2D eigenvalue weighted by Crippen LogP contribution is -2.24. The van der Waals surface area contributed by atoms with Gasteiger partial charge in [-0.2, -0.15) is 4.98 Å². The summed E-state index contributed by atoms with van der Waals surface area (Å²) in [7, 11) is 0. The summed E-state index contributed by atoms with van der Waals surface area (Å²) in [6, 6.07) is 25.5. The summed E-state index contributed by atoms with van der Waals surface area (Å²) >= 11 is 1.44. The first-order valence-electron chi connectivity index (χ1n) is 11.7. The zero-order valence-corrected chi connectivity index (χ0v) is 20.4. The molecule has 8 nitrogen and oxygen atoms in total. The first-order valence-corrected chi connectivity index (χ1v) is 12.6. The van der Waals surface area contributed by atoms with Crippen LogP contribution < -0.4 is 5.56 Å². The summed E-state index contributed by atoms with van der Waals surface area (Å²) in [6.45, 7) is 2.53. The molecule has 0 aliphatic heterocycles. The van der Waals surface area contributed by atoms with Gasteiger partial charge in [0, 0.05) is 5.56 Å². The molecule has 6 aromatic rings. The fraction of sp³-hybridized carbons (Fsp3) is 0.148. The van der Waals surface area contributed by atoms with Crippen molar-refractivity contribution in [3.8, 4) is 11.4 Å². The average Bonchev–Trinajstić information content (AvgIpc) is 3.58. The van der Waals surface area contributed by atoms with Gasteiger partial charge in [0.1, 0.15) is 0 Å². The van der Waals surface area contributed by atoms with Gasteiger partial charge < -0.3 is 4.52 Å². The Labute approximate surface area is 210 Å². The number of aromatic nitrogens is 6. The highest BCUT2D eigenvalue weighted by Gasteiger charge is 2.18. The van der Waals surface area contributed by atoms with E-state index >= 15 is 0 Å². The molecule has 36 heavy (non-hydrogen) atoms. The number of thioether (sulfide) groups is 1. The predicted molar refractivity (Wildman–Crippen MR) is 139 cm³/mol. The Morgan fingerprint density at radius 3 is 2.47 bits per heavy atom. The van der Waals surface area contributed by atoms with E-state index < -0.39 is 0 Å². The van der Waals surface area contributed by atoms with Crippen molar-refractivity contribution in [1.82, 2.24) is 29.3 Å². The maximum Gasteiger partial charge on any atom is 0.263 e. The number of nitrogens with zero attached hydrogens (tertiary/aromatic N) is 6. The highest BCUT2D eigenvalue weighted by molar-refractivity contribution is 7.98. The van der Waals surface area contributed by atoms with Crippen molar-refractivity contribution in [2.24, 2.45) is 0 Å². The molecule has 0 saturated heterocycles. The maximum atomic E-state index is 13.4. The van der Waals surface area contributed by atoms with Crippen molar-refractivity contribution < 1.29 is 4.52 Å². The molecule has 0 atom stereocenters. The molecule has 0 spiro atoms. The van der Waals surface area contributed by atoms with E-state index in [1.807, 2.05) is 71.1 Å². The van der Waals surface area contributed by atoms with Crippen LogP contribution in [0.1, 0.15) is 23.9 Å². The van der Waals surface area contributed by atoms with Crippen LogP contribution >= 0.6 is 11.8 Å². The van der Waals surface area contributed by atoms with Gasteiger partial charge >= 0.3 is 0 Å². The number of hydrogen-bond donors (Lipinski definition) is 0. The van der Waals surface area contributed by atoms with Gasteiger partial charge in [0.25, 0.3) is 5.56 Å². The molecule has 0 aliphatic rings. The van der Waals surface area contributed by atoms with Gasteiger partial charge in [-0.05, 0) is 29.7 Å². The second-order valence-electron chi connectivity index (χ2n) is 8.36. The summed E-state index contributed by atoms with van der Waals surface area (Å²) in [5, 5.41) is 14.2. The second kappa shape index (κ2) is 9.43. The summed E-state index contributed by atoms with van der Waals surface area (Å²) in [5.74, 6) is 1.97. The zero-order chi connectivity index (χ0) is 24.5. The first-order chi connectivity index (χ1) is 17.7. The molecular weight excluding hydrogens is 472 g/mol. The van der Waals surface area contributed by atoms with Crippen LogP contribution in [0.5, 0.6) is 0 Å². The fourth-order valence-corrected chi connectivity index (χ4v) is 4.96. The SMILES string of the molecule is CCc1ccc(-c2noc(CSc3nnc4n(Cc5ccccc5)c(=O)c5ccccc5n34)n2)cc1. The molecule has 0 fully saturated rings. The first kappa shape index (κ1) is 22.2. The molecule has 0 aliphatic carbocycles. The highest BCUT2D eigenvalue weighted by Crippen LogP contribution is 2.26. The Balaban J connectivity index is 1.34. The van der Waals surface area contributed by atoms with Crippen molar-refractivity contribution in [2.75, 3.05) is 0 Å². The van der Waals surface area contributed by atoms with E-state index in [0.29, 0.717) is 40.3 Å². The quantitative estimate of drug-likeness (QED) is 0.289. The summed E-state index contributed by atoms with van der Waals surface area (Å²) in [5.41, 5.74) is 3.85. The molecule has 0 radical (unpaired) electrons. The third kappa shape index (κ3) is 4.07. The number of hydrogen-bond acceptors (Lipinski definition) is 7. The van der Waals surface area contributed by atoms with Crippen molar-refractivity contribution >= 4 is 28.4 Å². The van der Waals surface area contributed by atoms with E-state index in [1.54, 1.807) is 4.57 Å². The van der Waals surface area contributed by atoms with Crippen LogP contribution in [-0.4, -0.2) is 29.3 Å². The van der Waals surface area contributed by atoms with Gasteiger partial charge in [-0.15, -0.1) is 10.2 Å². The largest absolute Gasteiger partial charge is 0.338 e. The number of aryl methyl sites for hydroxylation is 1. The van der Waals surface area contributed by atoms with Crippen LogP contribution in [0.4, 0.5) is 0 Å². The van der Waals surface area contributed by atoms with Gasteiger partial charge in [0.2, 0.25) is 17.5 Å². The van der Waals surface area contributed by atoms with Crippen molar-refractivity contribution in [1.29, 1.82) is 0 Å². The molecule has 0 amide bonds. The Hall–Kier alpha value is -4.24. The van der Waals surface area contributed by atoms with Gasteiger partial charge in [-0.3, -0.25) is 13.8 Å². The van der Waals surface area contributed by atoms with E-state index in [0.717, 1.165) is 23.1 Å². The molecule has 9 heteroatoms. The zero-order valence-electron chi connectivity index (χ0n) is 19.5. The van der Waals surface area contributed by atoms with Crippen LogP contribution in [0, 0.1) is 0 Å². The summed E-state index contributed by atoms with van der Waals surface area (Å²) in [6.07, 6.45) is 0.981. The molecule has 0 N–H and O–H groups in total. The normalized spacial score (nSPS) is 11.5. The lowest BCUT2D eigenvalue weighted by atomic mass is 10.1. The Morgan fingerprint density at radius 1 is 0.889 bits per heavy atom. The molecule has 0 bridgehead atoms. The molecule has 3 aromatic heterocycles. The van der Waals surface area contributed by atoms with E-state index in [-0.39, 0.29) is 5.56 Å². The van der Waals surface area contributed by atoms with Crippen LogP contribution in [0.3, 0.4) is 0 Å². The molecule has 0 unspecified atom stereocenters. The average molecular weight is 495 g/mol. The lowest BCUT2D eigenvalue weighted by molar-refractivity contribution is 0.391. The topological polar surface area (TPSA) is 91.1 Å². The summed E-state index contributed by atoms with van der Waals surface area (Å²) < 4.78 is 9.09. The Bertz CT molecular complexity index is 1720. The molecule has 178 valence electrons. The number of rotatable bonds is 7. The minimum Gasteiger partial charge on any atom is -0.338 e. The van der Waals surface area contributed by atoms with Crippen LogP contribution in [0.15, 0.2) is 93.3 Å². The predicted octanol–water partition coefficient (Wildman–Crippen LogP) is 5.00. The Morgan fingerprint density at radius 2 is 1.67 bits per heavy atom. The highest BCUT2D eigenvalue weighted by atomic mass is 32.2. The van der Waals surface area contributed by atoms with Crippen molar-refractivity contribution in [3.63, 3.8) is 0 Å². The molecule has 3 heterocycles. The molecule has 3 aromatic carbocycles. The van der Waals surface area contributed by atoms with Crippen LogP contribution in [0.25, 0.3) is 28.1 Å². The maximum absolute atomic E-state index is 13.4. The van der Waals surface area contributed by atoms with E-state index in [1.165, 1.54) is 17.3 Å². The van der Waals surface area contributed by atoms with Gasteiger partial charge in [-0.25, -0.2) is 0 Å². The van der Waals surface area contributed by atoms with Gasteiger partial charge in [0.15, 0.2) is 5.16 Å². The molecular formula is C27H22N6O2S. The van der Waals surface area contributed by atoms with Gasteiger partial charge in [-0.1, -0.05) is 90.6 Å². The van der Waals surface area contributed by atoms with Crippen LogP contribution in [-0.2, 0) is 18.7 Å². The van der Waals surface area contributed by atoms with Crippen molar-refractivity contribution in [3.05, 3.63) is 106 Å². The van der Waals surface area contributed by atoms with Gasteiger partial charge in [0.05, 0.1) is 23.2 Å². The van der Waals surface area contributed by atoms with E-state index in [2.05, 4.69) is 39.4 Å². The monoisotopic (exact) mass is 494 g/mol. The number of fused-ring (bicyclic) bond motifs is 3.